The first-order chi connectivity index (χ1) is 12.5. The summed E-state index contributed by atoms with van der Waals surface area (Å²) in [6, 6.07) is 6.61. The lowest BCUT2D eigenvalue weighted by molar-refractivity contribution is 0.0996. The van der Waals surface area contributed by atoms with Crippen LogP contribution < -0.4 is 10.1 Å². The van der Waals surface area contributed by atoms with E-state index in [9.17, 15) is 9.70 Å². The maximum Gasteiger partial charge on any atom is 0.339 e. The van der Waals surface area contributed by atoms with Crippen LogP contribution in [-0.4, -0.2) is 38.0 Å². The molecule has 0 aliphatic heterocycles. The lowest BCUT2D eigenvalue weighted by Crippen LogP contribution is -2.07. The number of hydrogen-bond donors (Lipinski definition) is 1. The molecule has 2 aromatic heterocycles. The van der Waals surface area contributed by atoms with Crippen LogP contribution >= 0.6 is 11.6 Å². The van der Waals surface area contributed by atoms with Crippen molar-refractivity contribution < 1.29 is 9.53 Å². The van der Waals surface area contributed by atoms with E-state index in [1.54, 1.807) is 36.3 Å². The molecule has 132 valence electrons. The van der Waals surface area contributed by atoms with Crippen molar-refractivity contribution in [3.05, 3.63) is 46.3 Å². The minimum atomic E-state index is -1.07. The molecule has 1 N–H and O–H groups in total. The maximum absolute atomic E-state index is 11.7. The molecule has 3 aromatic rings. The van der Waals surface area contributed by atoms with Gasteiger partial charge in [-0.3, -0.25) is 9.48 Å². The second-order valence-corrected chi connectivity index (χ2v) is 5.47. The van der Waals surface area contributed by atoms with Gasteiger partial charge in [0.2, 0.25) is 0 Å². The number of carbonyl (C=O) groups is 1. The van der Waals surface area contributed by atoms with E-state index >= 15 is 0 Å². The molecule has 0 aliphatic rings. The minimum absolute atomic E-state index is 0.0384. The van der Waals surface area contributed by atoms with E-state index in [0.717, 1.165) is 0 Å². The molecule has 0 saturated carbocycles. The van der Waals surface area contributed by atoms with Crippen LogP contribution in [0.4, 0.5) is 11.4 Å². The zero-order chi connectivity index (χ0) is 18.7. The first-order valence-corrected chi connectivity index (χ1v) is 7.62. The van der Waals surface area contributed by atoms with Crippen molar-refractivity contribution in [2.24, 2.45) is 12.2 Å². The van der Waals surface area contributed by atoms with Gasteiger partial charge in [-0.2, -0.15) is 5.10 Å². The number of carbonyl (C=O) groups excluding carboxylic acids is 1. The van der Waals surface area contributed by atoms with Gasteiger partial charge in [-0.15, -0.1) is 15.1 Å². The number of nitrogens with one attached hydrogen (secondary N) is 1. The third-order valence-electron chi connectivity index (χ3n) is 3.38. The fraction of sp³-hybridized carbons (Fsp3) is 0.133. The summed E-state index contributed by atoms with van der Waals surface area (Å²) in [5, 5.41) is 16.8. The maximum atomic E-state index is 11.7. The number of nitroso groups, excluding NO2 is 1. The Hall–Kier alpha value is -3.40. The van der Waals surface area contributed by atoms with Crippen molar-refractivity contribution in [1.82, 2.24) is 25.0 Å². The van der Waals surface area contributed by atoms with E-state index < -0.39 is 5.91 Å². The molecule has 11 heteroatoms. The van der Waals surface area contributed by atoms with Crippen LogP contribution in [0.1, 0.15) is 10.5 Å². The summed E-state index contributed by atoms with van der Waals surface area (Å²) in [5.41, 5.74) is 1.03. The number of anilines is 2. The van der Waals surface area contributed by atoms with E-state index in [1.807, 2.05) is 0 Å². The summed E-state index contributed by atoms with van der Waals surface area (Å²) in [4.78, 5) is 26.5. The van der Waals surface area contributed by atoms with E-state index in [0.29, 0.717) is 22.8 Å². The number of ether oxygens (including phenoxy) is 1. The van der Waals surface area contributed by atoms with Crippen molar-refractivity contribution in [3.8, 4) is 17.1 Å². The number of hydrogen-bond acceptors (Lipinski definition) is 8. The molecule has 0 bridgehead atoms. The molecule has 0 saturated heterocycles. The number of methoxy groups -OCH3 is 1. The fourth-order valence-electron chi connectivity index (χ4n) is 2.30. The Bertz CT molecular complexity index is 989. The Morgan fingerprint density at radius 1 is 1.31 bits per heavy atom. The molecular formula is C15H12ClN7O3. The van der Waals surface area contributed by atoms with Crippen LogP contribution in [0.2, 0.25) is 5.15 Å². The van der Waals surface area contributed by atoms with E-state index in [2.05, 4.69) is 30.8 Å². The molecule has 0 fully saturated rings. The summed E-state index contributed by atoms with van der Waals surface area (Å²) in [6.45, 7) is 0. The third-order valence-corrected chi connectivity index (χ3v) is 3.56. The molecule has 0 atom stereocenters. The molecule has 0 unspecified atom stereocenters. The van der Waals surface area contributed by atoms with Gasteiger partial charge in [-0.05, 0) is 12.1 Å². The highest BCUT2D eigenvalue weighted by Crippen LogP contribution is 2.37. The van der Waals surface area contributed by atoms with E-state index in [-0.39, 0.29) is 16.5 Å². The number of nitrogens with zero attached hydrogens (tertiary/aromatic N) is 6. The number of aryl methyl sites for hydroxylation is 1. The number of benzene rings is 1. The van der Waals surface area contributed by atoms with Gasteiger partial charge >= 0.3 is 5.91 Å². The van der Waals surface area contributed by atoms with Gasteiger partial charge in [0.25, 0.3) is 0 Å². The highest BCUT2D eigenvalue weighted by Gasteiger charge is 2.19. The van der Waals surface area contributed by atoms with Gasteiger partial charge in [-0.25, -0.2) is 4.98 Å². The summed E-state index contributed by atoms with van der Waals surface area (Å²) < 4.78 is 7.04. The summed E-state index contributed by atoms with van der Waals surface area (Å²) >= 11 is 5.85. The predicted octanol–water partition coefficient (Wildman–Crippen LogP) is 2.58. The first kappa shape index (κ1) is 17.4. The Labute approximate surface area is 152 Å². The average Bonchev–Trinajstić information content (AvgIpc) is 3.07. The van der Waals surface area contributed by atoms with E-state index in [1.165, 1.54) is 13.2 Å². The zero-order valence-electron chi connectivity index (χ0n) is 13.7. The fourth-order valence-corrected chi connectivity index (χ4v) is 2.45. The monoisotopic (exact) mass is 373 g/mol. The quantitative estimate of drug-likeness (QED) is 0.676. The molecule has 0 radical (unpaired) electrons. The summed E-state index contributed by atoms with van der Waals surface area (Å²) in [6.07, 6.45) is 1.56. The lowest BCUT2D eigenvalue weighted by atomic mass is 10.1. The zero-order valence-corrected chi connectivity index (χ0v) is 14.4. The Kier molecular flexibility index (Phi) is 4.85. The van der Waals surface area contributed by atoms with E-state index in [4.69, 9.17) is 16.3 Å². The number of para-hydroxylation sites is 1. The second-order valence-electron chi connectivity index (χ2n) is 5.08. The number of aromatic nitrogens is 5. The van der Waals surface area contributed by atoms with Crippen LogP contribution in [0.25, 0.3) is 11.4 Å². The van der Waals surface area contributed by atoms with Crippen LogP contribution in [0, 0.1) is 4.91 Å². The molecular weight excluding hydrogens is 362 g/mol. The molecule has 10 nitrogen and oxygen atoms in total. The minimum Gasteiger partial charge on any atom is -0.494 e. The molecule has 3 rings (SSSR count). The van der Waals surface area contributed by atoms with Gasteiger partial charge in [0.1, 0.15) is 6.33 Å². The van der Waals surface area contributed by atoms with Gasteiger partial charge in [-0.1, -0.05) is 17.7 Å². The number of amides is 1. The van der Waals surface area contributed by atoms with Crippen molar-refractivity contribution in [2.45, 2.75) is 0 Å². The van der Waals surface area contributed by atoms with Gasteiger partial charge in [0.05, 0.1) is 24.0 Å². The van der Waals surface area contributed by atoms with Crippen LogP contribution in [0.5, 0.6) is 5.75 Å². The third kappa shape index (κ3) is 3.35. The summed E-state index contributed by atoms with van der Waals surface area (Å²) in [7, 11) is 3.24. The molecule has 0 aliphatic carbocycles. The molecule has 1 aromatic carbocycles. The lowest BCUT2D eigenvalue weighted by Gasteiger charge is -2.14. The normalized spacial score (nSPS) is 10.4. The van der Waals surface area contributed by atoms with Crippen molar-refractivity contribution in [2.75, 3.05) is 12.4 Å². The predicted molar refractivity (Wildman–Crippen MR) is 93.4 cm³/mol. The number of rotatable bonds is 5. The summed E-state index contributed by atoms with van der Waals surface area (Å²) in [5.74, 6) is -0.174. The average molecular weight is 374 g/mol. The van der Waals surface area contributed by atoms with Gasteiger partial charge in [0.15, 0.2) is 22.4 Å². The molecule has 2 heterocycles. The highest BCUT2D eigenvalue weighted by atomic mass is 35.5. The Morgan fingerprint density at radius 2 is 2.12 bits per heavy atom. The van der Waals surface area contributed by atoms with Gasteiger partial charge in [0, 0.05) is 18.3 Å². The van der Waals surface area contributed by atoms with Crippen molar-refractivity contribution >= 4 is 28.9 Å². The topological polar surface area (TPSA) is 124 Å². The van der Waals surface area contributed by atoms with Crippen molar-refractivity contribution in [3.63, 3.8) is 0 Å². The largest absolute Gasteiger partial charge is 0.494 e. The van der Waals surface area contributed by atoms with Crippen LogP contribution in [0.15, 0.2) is 35.8 Å². The second kappa shape index (κ2) is 7.23. The molecule has 1 amide bonds. The first-order valence-electron chi connectivity index (χ1n) is 7.24. The highest BCUT2D eigenvalue weighted by molar-refractivity contribution is 6.29. The van der Waals surface area contributed by atoms with Crippen LogP contribution in [0.3, 0.4) is 0 Å². The molecule has 0 spiro atoms. The van der Waals surface area contributed by atoms with Crippen molar-refractivity contribution in [1.29, 1.82) is 0 Å². The van der Waals surface area contributed by atoms with Gasteiger partial charge < -0.3 is 10.1 Å². The molecule has 26 heavy (non-hydrogen) atoms. The SMILES string of the molecule is COc1c(Nc2cc(Cl)nnc2C(=O)N=O)cccc1-c1ncn(C)n1. The Balaban J connectivity index is 2.08. The van der Waals surface area contributed by atoms with Crippen LogP contribution in [-0.2, 0) is 7.05 Å². The smallest absolute Gasteiger partial charge is 0.339 e. The standard InChI is InChI=1S/C15H12ClN7O3/c1-23-7-17-14(21-23)8-4-3-5-9(13(8)26-2)18-10-6-11(16)19-20-12(10)15(24)22-25/h3-7H,1-2H3,(H,18,19). The Morgan fingerprint density at radius 3 is 2.77 bits per heavy atom. The number of halogens is 1.